The zero-order chi connectivity index (χ0) is 8.15. The minimum atomic E-state index is 0.713. The molecule has 0 fully saturated rings. The van der Waals surface area contributed by atoms with E-state index in [1.807, 2.05) is 0 Å². The molecular weight excluding hydrogens is 124 g/mol. The third kappa shape index (κ3) is 3.21. The van der Waals surface area contributed by atoms with Gasteiger partial charge in [0.25, 0.3) is 0 Å². The summed E-state index contributed by atoms with van der Waals surface area (Å²) in [5, 5.41) is 0. The van der Waals surface area contributed by atoms with Gasteiger partial charge in [0.2, 0.25) is 0 Å². The smallest absolute Gasteiger partial charge is 0.0495 e. The first-order valence-electron chi connectivity index (χ1n) is 4.08. The zero-order valence-electron chi connectivity index (χ0n) is 7.85. The number of methoxy groups -OCH3 is 1. The first-order chi connectivity index (χ1) is 4.59. The molecule has 0 unspecified atom stereocenters. The molecule has 0 saturated heterocycles. The topological polar surface area (TPSA) is 9.23 Å². The minimum Gasteiger partial charge on any atom is -0.384 e. The lowest BCUT2D eigenvalue weighted by Gasteiger charge is -2.23. The molecule has 10 heavy (non-hydrogen) atoms. The highest BCUT2D eigenvalue weighted by molar-refractivity contribution is 4.65. The van der Waals surface area contributed by atoms with Crippen LogP contribution in [0.15, 0.2) is 0 Å². The standard InChI is InChI=1S/C9H20O/c1-7(2)9(6-10-5)8(3)4/h7-9H,6H2,1-5H3. The van der Waals surface area contributed by atoms with Crippen LogP contribution in [-0.2, 0) is 4.74 Å². The third-order valence-electron chi connectivity index (χ3n) is 2.07. The van der Waals surface area contributed by atoms with Gasteiger partial charge in [0.05, 0.1) is 0 Å². The van der Waals surface area contributed by atoms with E-state index in [-0.39, 0.29) is 0 Å². The molecule has 0 atom stereocenters. The van der Waals surface area contributed by atoms with Crippen molar-refractivity contribution in [2.24, 2.45) is 17.8 Å². The molecule has 0 aromatic carbocycles. The summed E-state index contributed by atoms with van der Waals surface area (Å²) in [6.45, 7) is 9.91. The van der Waals surface area contributed by atoms with Crippen molar-refractivity contribution in [3.63, 3.8) is 0 Å². The monoisotopic (exact) mass is 144 g/mol. The van der Waals surface area contributed by atoms with Crippen LogP contribution in [-0.4, -0.2) is 13.7 Å². The van der Waals surface area contributed by atoms with E-state index in [4.69, 9.17) is 4.74 Å². The Morgan fingerprint density at radius 2 is 1.40 bits per heavy atom. The number of hydrogen-bond donors (Lipinski definition) is 0. The van der Waals surface area contributed by atoms with Crippen LogP contribution in [0.4, 0.5) is 0 Å². The summed E-state index contributed by atoms with van der Waals surface area (Å²) in [5.41, 5.74) is 0. The maximum Gasteiger partial charge on any atom is 0.0495 e. The molecule has 0 heterocycles. The Balaban J connectivity index is 3.73. The molecule has 0 N–H and O–H groups in total. The molecule has 0 aliphatic carbocycles. The molecule has 0 saturated carbocycles. The van der Waals surface area contributed by atoms with Crippen molar-refractivity contribution >= 4 is 0 Å². The fraction of sp³-hybridized carbons (Fsp3) is 1.00. The fourth-order valence-corrected chi connectivity index (χ4v) is 1.35. The normalized spacial score (nSPS) is 12.0. The molecule has 0 spiro atoms. The summed E-state index contributed by atoms with van der Waals surface area (Å²) >= 11 is 0. The summed E-state index contributed by atoms with van der Waals surface area (Å²) in [5.74, 6) is 2.19. The average molecular weight is 144 g/mol. The SMILES string of the molecule is COCC(C(C)C)C(C)C. The molecule has 0 aliphatic heterocycles. The maximum atomic E-state index is 5.13. The van der Waals surface area contributed by atoms with Crippen LogP contribution >= 0.6 is 0 Å². The van der Waals surface area contributed by atoms with Gasteiger partial charge in [0.15, 0.2) is 0 Å². The average Bonchev–Trinajstić information content (AvgIpc) is 1.81. The van der Waals surface area contributed by atoms with Gasteiger partial charge in [-0.2, -0.15) is 0 Å². The van der Waals surface area contributed by atoms with Crippen LogP contribution < -0.4 is 0 Å². The highest BCUT2D eigenvalue weighted by Gasteiger charge is 2.16. The maximum absolute atomic E-state index is 5.13. The largest absolute Gasteiger partial charge is 0.384 e. The van der Waals surface area contributed by atoms with E-state index in [2.05, 4.69) is 27.7 Å². The Morgan fingerprint density at radius 1 is 1.00 bits per heavy atom. The molecule has 1 nitrogen and oxygen atoms in total. The fourth-order valence-electron chi connectivity index (χ4n) is 1.35. The van der Waals surface area contributed by atoms with Crippen LogP contribution in [0.5, 0.6) is 0 Å². The van der Waals surface area contributed by atoms with Gasteiger partial charge >= 0.3 is 0 Å². The molecule has 62 valence electrons. The Bertz CT molecular complexity index is 68.8. The van der Waals surface area contributed by atoms with E-state index in [9.17, 15) is 0 Å². The van der Waals surface area contributed by atoms with Gasteiger partial charge in [-0.25, -0.2) is 0 Å². The first-order valence-corrected chi connectivity index (χ1v) is 4.08. The molecule has 0 bridgehead atoms. The molecule has 0 radical (unpaired) electrons. The van der Waals surface area contributed by atoms with Crippen LogP contribution in [0, 0.1) is 17.8 Å². The molecule has 0 aliphatic rings. The summed E-state index contributed by atoms with van der Waals surface area (Å²) in [6.07, 6.45) is 0. The van der Waals surface area contributed by atoms with E-state index in [1.54, 1.807) is 7.11 Å². The molecule has 1 heteroatoms. The van der Waals surface area contributed by atoms with E-state index in [0.29, 0.717) is 5.92 Å². The van der Waals surface area contributed by atoms with Crippen LogP contribution in [0.1, 0.15) is 27.7 Å². The number of rotatable bonds is 4. The molecule has 0 amide bonds. The molecule has 0 aromatic heterocycles. The van der Waals surface area contributed by atoms with Gasteiger partial charge < -0.3 is 4.74 Å². The third-order valence-corrected chi connectivity index (χ3v) is 2.07. The van der Waals surface area contributed by atoms with Crippen molar-refractivity contribution in [3.8, 4) is 0 Å². The van der Waals surface area contributed by atoms with E-state index in [1.165, 1.54) is 0 Å². The Kier molecular flexibility index (Phi) is 4.71. The second-order valence-electron chi connectivity index (χ2n) is 3.61. The highest BCUT2D eigenvalue weighted by Crippen LogP contribution is 2.19. The van der Waals surface area contributed by atoms with Crippen molar-refractivity contribution in [2.75, 3.05) is 13.7 Å². The van der Waals surface area contributed by atoms with Crippen molar-refractivity contribution in [2.45, 2.75) is 27.7 Å². The lowest BCUT2D eigenvalue weighted by atomic mass is 9.86. The second kappa shape index (κ2) is 4.73. The lowest BCUT2D eigenvalue weighted by Crippen LogP contribution is -2.20. The van der Waals surface area contributed by atoms with Gasteiger partial charge in [-0.1, -0.05) is 27.7 Å². The highest BCUT2D eigenvalue weighted by atomic mass is 16.5. The van der Waals surface area contributed by atoms with Crippen LogP contribution in [0.25, 0.3) is 0 Å². The predicted octanol–water partition coefficient (Wildman–Crippen LogP) is 2.56. The summed E-state index contributed by atoms with van der Waals surface area (Å²) in [7, 11) is 1.78. The van der Waals surface area contributed by atoms with E-state index in [0.717, 1.165) is 18.4 Å². The quantitative estimate of drug-likeness (QED) is 0.589. The van der Waals surface area contributed by atoms with Gasteiger partial charge in [0, 0.05) is 13.7 Å². The van der Waals surface area contributed by atoms with Crippen molar-refractivity contribution < 1.29 is 4.74 Å². The zero-order valence-corrected chi connectivity index (χ0v) is 7.85. The summed E-state index contributed by atoms with van der Waals surface area (Å²) in [6, 6.07) is 0. The van der Waals surface area contributed by atoms with Crippen molar-refractivity contribution in [1.82, 2.24) is 0 Å². The molecule has 0 rings (SSSR count). The van der Waals surface area contributed by atoms with Gasteiger partial charge in [-0.3, -0.25) is 0 Å². The minimum absolute atomic E-state index is 0.713. The van der Waals surface area contributed by atoms with Gasteiger partial charge in [-0.05, 0) is 17.8 Å². The van der Waals surface area contributed by atoms with Crippen LogP contribution in [0.2, 0.25) is 0 Å². The number of hydrogen-bond acceptors (Lipinski definition) is 1. The Labute approximate surface area is 64.8 Å². The molecular formula is C9H20O. The Hall–Kier alpha value is -0.0400. The van der Waals surface area contributed by atoms with E-state index < -0.39 is 0 Å². The van der Waals surface area contributed by atoms with E-state index >= 15 is 0 Å². The summed E-state index contributed by atoms with van der Waals surface area (Å²) in [4.78, 5) is 0. The van der Waals surface area contributed by atoms with Gasteiger partial charge in [-0.15, -0.1) is 0 Å². The summed E-state index contributed by atoms with van der Waals surface area (Å²) < 4.78 is 5.13. The predicted molar refractivity (Wildman–Crippen MR) is 45.0 cm³/mol. The van der Waals surface area contributed by atoms with Crippen molar-refractivity contribution in [3.05, 3.63) is 0 Å². The number of ether oxygens (including phenoxy) is 1. The second-order valence-corrected chi connectivity index (χ2v) is 3.61. The molecule has 0 aromatic rings. The first kappa shape index (κ1) is 9.96. The van der Waals surface area contributed by atoms with Gasteiger partial charge in [0.1, 0.15) is 0 Å². The van der Waals surface area contributed by atoms with Crippen LogP contribution in [0.3, 0.4) is 0 Å². The Morgan fingerprint density at radius 3 is 1.50 bits per heavy atom. The van der Waals surface area contributed by atoms with Crippen molar-refractivity contribution in [1.29, 1.82) is 0 Å². The lowest BCUT2D eigenvalue weighted by molar-refractivity contribution is 0.102.